The zero-order valence-corrected chi connectivity index (χ0v) is 6.81. The first-order chi connectivity index (χ1) is 5.79. The predicted octanol–water partition coefficient (Wildman–Crippen LogP) is 1.16. The maximum absolute atomic E-state index is 9.50. The number of para-hydroxylation sites is 1. The summed E-state index contributed by atoms with van der Waals surface area (Å²) >= 11 is 0. The fourth-order valence-electron chi connectivity index (χ4n) is 1.34. The standard InChI is InChI=1S/C9H10N2O/c1-11-8-5-3-2-4-7(8)9(12)6-10-11/h2-6,9,12H,1H3. The SMILES string of the molecule is CN1N=CC(O)c2ccccc21. The van der Waals surface area contributed by atoms with E-state index >= 15 is 0 Å². The number of hydrogen-bond donors (Lipinski definition) is 1. The van der Waals surface area contributed by atoms with Gasteiger partial charge < -0.3 is 5.11 Å². The van der Waals surface area contributed by atoms with Crippen LogP contribution in [-0.4, -0.2) is 18.4 Å². The molecule has 0 saturated carbocycles. The first-order valence-corrected chi connectivity index (χ1v) is 3.84. The quantitative estimate of drug-likeness (QED) is 0.621. The van der Waals surface area contributed by atoms with Crippen LogP contribution in [0.5, 0.6) is 0 Å². The second kappa shape index (κ2) is 2.60. The van der Waals surface area contributed by atoms with Gasteiger partial charge in [-0.3, -0.25) is 5.01 Å². The fraction of sp³-hybridized carbons (Fsp3) is 0.222. The van der Waals surface area contributed by atoms with Crippen LogP contribution in [0.25, 0.3) is 0 Å². The van der Waals surface area contributed by atoms with Gasteiger partial charge in [-0.05, 0) is 6.07 Å². The number of hydrogen-bond acceptors (Lipinski definition) is 3. The molecule has 0 spiro atoms. The summed E-state index contributed by atoms with van der Waals surface area (Å²) < 4.78 is 0. The van der Waals surface area contributed by atoms with Crippen molar-refractivity contribution >= 4 is 11.9 Å². The number of nitrogens with zero attached hydrogens (tertiary/aromatic N) is 2. The van der Waals surface area contributed by atoms with E-state index < -0.39 is 6.10 Å². The summed E-state index contributed by atoms with van der Waals surface area (Å²) in [6.45, 7) is 0. The van der Waals surface area contributed by atoms with Crippen molar-refractivity contribution in [1.82, 2.24) is 0 Å². The minimum atomic E-state index is -0.558. The lowest BCUT2D eigenvalue weighted by atomic mass is 10.1. The molecule has 3 nitrogen and oxygen atoms in total. The molecule has 0 saturated heterocycles. The number of aliphatic hydroxyl groups excluding tert-OH is 1. The monoisotopic (exact) mass is 162 g/mol. The lowest BCUT2D eigenvalue weighted by Crippen LogP contribution is -2.18. The summed E-state index contributed by atoms with van der Waals surface area (Å²) in [5.74, 6) is 0. The predicted molar refractivity (Wildman–Crippen MR) is 48.3 cm³/mol. The van der Waals surface area contributed by atoms with Gasteiger partial charge in [-0.25, -0.2) is 0 Å². The van der Waals surface area contributed by atoms with Crippen molar-refractivity contribution in [3.63, 3.8) is 0 Å². The Bertz CT molecular complexity index is 291. The molecule has 3 heteroatoms. The molecule has 1 aromatic rings. The first-order valence-electron chi connectivity index (χ1n) is 3.84. The van der Waals surface area contributed by atoms with E-state index in [1.165, 1.54) is 6.21 Å². The third-order valence-corrected chi connectivity index (χ3v) is 1.99. The minimum absolute atomic E-state index is 0.558. The number of aliphatic hydroxyl groups is 1. The number of fused-ring (bicyclic) bond motifs is 1. The number of anilines is 1. The van der Waals surface area contributed by atoms with Crippen LogP contribution in [0.2, 0.25) is 0 Å². The molecule has 2 rings (SSSR count). The maximum Gasteiger partial charge on any atom is 0.118 e. The summed E-state index contributed by atoms with van der Waals surface area (Å²) in [6, 6.07) is 7.69. The van der Waals surface area contributed by atoms with Crippen LogP contribution >= 0.6 is 0 Å². The molecule has 12 heavy (non-hydrogen) atoms. The van der Waals surface area contributed by atoms with Crippen LogP contribution in [0.3, 0.4) is 0 Å². The first kappa shape index (κ1) is 7.31. The van der Waals surface area contributed by atoms with E-state index in [4.69, 9.17) is 0 Å². The van der Waals surface area contributed by atoms with E-state index in [1.54, 1.807) is 5.01 Å². The van der Waals surface area contributed by atoms with E-state index in [0.717, 1.165) is 11.3 Å². The molecule has 1 unspecified atom stereocenters. The average molecular weight is 162 g/mol. The summed E-state index contributed by atoms with van der Waals surface area (Å²) in [4.78, 5) is 0. The van der Waals surface area contributed by atoms with Crippen molar-refractivity contribution in [2.75, 3.05) is 12.1 Å². The van der Waals surface area contributed by atoms with E-state index in [1.807, 2.05) is 31.3 Å². The van der Waals surface area contributed by atoms with Gasteiger partial charge in [0, 0.05) is 12.6 Å². The van der Waals surface area contributed by atoms with Gasteiger partial charge in [-0.15, -0.1) is 0 Å². The second-order valence-corrected chi connectivity index (χ2v) is 2.79. The molecule has 62 valence electrons. The number of hydrazone groups is 1. The van der Waals surface area contributed by atoms with E-state index in [0.29, 0.717) is 0 Å². The van der Waals surface area contributed by atoms with Crippen LogP contribution in [0.15, 0.2) is 29.4 Å². The third kappa shape index (κ3) is 0.987. The highest BCUT2D eigenvalue weighted by atomic mass is 16.3. The van der Waals surface area contributed by atoms with E-state index in [9.17, 15) is 5.11 Å². The molecule has 0 radical (unpaired) electrons. The highest BCUT2D eigenvalue weighted by Gasteiger charge is 2.16. The molecule has 1 atom stereocenters. The van der Waals surface area contributed by atoms with Gasteiger partial charge in [0.05, 0.1) is 11.9 Å². The Hall–Kier alpha value is -1.35. The zero-order valence-electron chi connectivity index (χ0n) is 6.81. The largest absolute Gasteiger partial charge is 0.383 e. The van der Waals surface area contributed by atoms with Crippen molar-refractivity contribution < 1.29 is 5.11 Å². The molecule has 1 aromatic carbocycles. The highest BCUT2D eigenvalue weighted by Crippen LogP contribution is 2.27. The Morgan fingerprint density at radius 2 is 2.17 bits per heavy atom. The Kier molecular flexibility index (Phi) is 1.59. The number of benzene rings is 1. The maximum atomic E-state index is 9.50. The van der Waals surface area contributed by atoms with Gasteiger partial charge in [-0.1, -0.05) is 18.2 Å². The molecule has 0 bridgehead atoms. The minimum Gasteiger partial charge on any atom is -0.383 e. The summed E-state index contributed by atoms with van der Waals surface area (Å²) in [6.07, 6.45) is 0.972. The molecule has 0 aliphatic carbocycles. The van der Waals surface area contributed by atoms with Gasteiger partial charge >= 0.3 is 0 Å². The van der Waals surface area contributed by atoms with Crippen molar-refractivity contribution in [1.29, 1.82) is 0 Å². The van der Waals surface area contributed by atoms with Gasteiger partial charge in [0.25, 0.3) is 0 Å². The van der Waals surface area contributed by atoms with Crippen molar-refractivity contribution in [3.05, 3.63) is 29.8 Å². The molecule has 1 aliphatic heterocycles. The van der Waals surface area contributed by atoms with Crippen LogP contribution in [0.1, 0.15) is 11.7 Å². The smallest absolute Gasteiger partial charge is 0.118 e. The molecular formula is C9H10N2O. The Morgan fingerprint density at radius 3 is 2.92 bits per heavy atom. The van der Waals surface area contributed by atoms with Crippen LogP contribution in [0, 0.1) is 0 Å². The zero-order chi connectivity index (χ0) is 8.55. The molecule has 1 heterocycles. The average Bonchev–Trinajstić information content (AvgIpc) is 2.12. The molecule has 1 aliphatic rings. The lowest BCUT2D eigenvalue weighted by Gasteiger charge is -2.23. The van der Waals surface area contributed by atoms with Crippen LogP contribution in [0.4, 0.5) is 5.69 Å². The summed E-state index contributed by atoms with van der Waals surface area (Å²) in [7, 11) is 1.86. The van der Waals surface area contributed by atoms with Gasteiger partial charge in [0.15, 0.2) is 0 Å². The van der Waals surface area contributed by atoms with Gasteiger partial charge in [-0.2, -0.15) is 5.10 Å². The molecule has 0 amide bonds. The second-order valence-electron chi connectivity index (χ2n) is 2.79. The molecular weight excluding hydrogens is 152 g/mol. The number of rotatable bonds is 0. The van der Waals surface area contributed by atoms with Crippen molar-refractivity contribution in [3.8, 4) is 0 Å². The Morgan fingerprint density at radius 1 is 1.42 bits per heavy atom. The van der Waals surface area contributed by atoms with Crippen molar-refractivity contribution in [2.45, 2.75) is 6.10 Å². The summed E-state index contributed by atoms with van der Waals surface area (Å²) in [5, 5.41) is 15.3. The highest BCUT2D eigenvalue weighted by molar-refractivity contribution is 5.75. The Labute approximate surface area is 70.9 Å². The topological polar surface area (TPSA) is 35.8 Å². The lowest BCUT2D eigenvalue weighted by molar-refractivity contribution is 0.250. The molecule has 0 fully saturated rings. The van der Waals surface area contributed by atoms with E-state index in [-0.39, 0.29) is 0 Å². The molecule has 0 aromatic heterocycles. The fourth-order valence-corrected chi connectivity index (χ4v) is 1.34. The Balaban J connectivity index is 2.54. The van der Waals surface area contributed by atoms with Crippen molar-refractivity contribution in [2.24, 2.45) is 5.10 Å². The van der Waals surface area contributed by atoms with E-state index in [2.05, 4.69) is 5.10 Å². The van der Waals surface area contributed by atoms with Gasteiger partial charge in [0.1, 0.15) is 6.10 Å². The third-order valence-electron chi connectivity index (χ3n) is 1.99. The van der Waals surface area contributed by atoms with Crippen LogP contribution < -0.4 is 5.01 Å². The summed E-state index contributed by atoms with van der Waals surface area (Å²) in [5.41, 5.74) is 1.88. The van der Waals surface area contributed by atoms with Gasteiger partial charge in [0.2, 0.25) is 0 Å². The molecule has 1 N–H and O–H groups in total. The van der Waals surface area contributed by atoms with Crippen LogP contribution in [-0.2, 0) is 0 Å². The normalized spacial score (nSPS) is 20.8.